The minimum Gasteiger partial charge on any atom is -0.484 e. The maximum atomic E-state index is 12.9. The van der Waals surface area contributed by atoms with Gasteiger partial charge in [-0.15, -0.1) is 0 Å². The van der Waals surface area contributed by atoms with E-state index in [1.807, 2.05) is 20.1 Å². The van der Waals surface area contributed by atoms with Crippen molar-refractivity contribution in [1.29, 1.82) is 0 Å². The third kappa shape index (κ3) is 8.18. The lowest BCUT2D eigenvalue weighted by atomic mass is 10.2. The van der Waals surface area contributed by atoms with Crippen LogP contribution >= 0.6 is 11.8 Å². The summed E-state index contributed by atoms with van der Waals surface area (Å²) >= 11 is 1.52. The van der Waals surface area contributed by atoms with Crippen LogP contribution in [0.25, 0.3) is 0 Å². The van der Waals surface area contributed by atoms with Crippen molar-refractivity contribution < 1.29 is 22.7 Å². The number of rotatable bonds is 12. The SMILES string of the molecule is CCNC(=O)COc1cccc(NC(=O)C(CCSC)NS(=O)(=O)c2ccc(C)cc2)c1. The molecule has 3 N–H and O–H groups in total. The molecule has 2 aromatic rings. The molecule has 32 heavy (non-hydrogen) atoms. The minimum atomic E-state index is -3.87. The van der Waals surface area contributed by atoms with E-state index in [-0.39, 0.29) is 17.4 Å². The first-order valence-corrected chi connectivity index (χ1v) is 13.0. The third-order valence-corrected chi connectivity index (χ3v) is 6.53. The Labute approximate surface area is 193 Å². The lowest BCUT2D eigenvalue weighted by Crippen LogP contribution is -2.44. The van der Waals surface area contributed by atoms with E-state index in [1.165, 1.54) is 23.9 Å². The number of benzene rings is 2. The van der Waals surface area contributed by atoms with Gasteiger partial charge in [0.1, 0.15) is 11.8 Å². The molecule has 2 rings (SSSR count). The Bertz CT molecular complexity index is 1010. The molecule has 2 aromatic carbocycles. The van der Waals surface area contributed by atoms with Crippen LogP contribution in [0.1, 0.15) is 18.9 Å². The Hall–Kier alpha value is -2.56. The number of aryl methyl sites for hydroxylation is 1. The second-order valence-corrected chi connectivity index (χ2v) is 9.73. The van der Waals surface area contributed by atoms with Gasteiger partial charge in [-0.3, -0.25) is 9.59 Å². The number of carbonyl (C=O) groups is 2. The Morgan fingerprint density at radius 1 is 1.12 bits per heavy atom. The Balaban J connectivity index is 2.10. The van der Waals surface area contributed by atoms with Crippen LogP contribution in [0.2, 0.25) is 0 Å². The fourth-order valence-corrected chi connectivity index (χ4v) is 4.44. The molecule has 174 valence electrons. The third-order valence-electron chi connectivity index (χ3n) is 4.40. The predicted octanol–water partition coefficient (Wildman–Crippen LogP) is 2.55. The number of sulfonamides is 1. The highest BCUT2D eigenvalue weighted by Crippen LogP contribution is 2.19. The summed E-state index contributed by atoms with van der Waals surface area (Å²) in [6.07, 6.45) is 2.21. The molecule has 0 aromatic heterocycles. The molecule has 0 aliphatic rings. The van der Waals surface area contributed by atoms with Crippen molar-refractivity contribution in [3.63, 3.8) is 0 Å². The molecule has 0 heterocycles. The van der Waals surface area contributed by atoms with Crippen molar-refractivity contribution >= 4 is 39.3 Å². The standard InChI is InChI=1S/C22H29N3O5S2/c1-4-23-21(26)15-30-18-7-5-6-17(14-18)24-22(27)20(12-13-31-3)25-32(28,29)19-10-8-16(2)9-11-19/h5-11,14,20,25H,4,12-13,15H2,1-3H3,(H,23,26)(H,24,27). The Kier molecular flexibility index (Phi) is 10.0. The van der Waals surface area contributed by atoms with Gasteiger partial charge in [-0.1, -0.05) is 23.8 Å². The van der Waals surface area contributed by atoms with Crippen LogP contribution in [0.5, 0.6) is 5.75 Å². The number of hydrogen-bond acceptors (Lipinski definition) is 6. The van der Waals surface area contributed by atoms with Gasteiger partial charge in [0.2, 0.25) is 15.9 Å². The molecule has 2 amide bonds. The molecule has 1 atom stereocenters. The van der Waals surface area contributed by atoms with Gasteiger partial charge in [0.05, 0.1) is 4.90 Å². The van der Waals surface area contributed by atoms with Crippen LogP contribution in [0.15, 0.2) is 53.4 Å². The molecule has 0 saturated carbocycles. The van der Waals surface area contributed by atoms with Crippen molar-refractivity contribution in [2.75, 3.05) is 30.5 Å². The monoisotopic (exact) mass is 479 g/mol. The van der Waals surface area contributed by atoms with Crippen molar-refractivity contribution in [1.82, 2.24) is 10.0 Å². The van der Waals surface area contributed by atoms with Crippen LogP contribution in [0, 0.1) is 6.92 Å². The summed E-state index contributed by atoms with van der Waals surface area (Å²) in [7, 11) is -3.87. The largest absolute Gasteiger partial charge is 0.484 e. The van der Waals surface area contributed by atoms with Gasteiger partial charge >= 0.3 is 0 Å². The first-order valence-electron chi connectivity index (χ1n) is 10.1. The summed E-state index contributed by atoms with van der Waals surface area (Å²) in [5, 5.41) is 5.37. The maximum Gasteiger partial charge on any atom is 0.257 e. The van der Waals surface area contributed by atoms with Crippen LogP contribution in [-0.4, -0.2) is 51.4 Å². The van der Waals surface area contributed by atoms with Crippen molar-refractivity contribution in [3.05, 3.63) is 54.1 Å². The highest BCUT2D eigenvalue weighted by Gasteiger charge is 2.25. The number of amides is 2. The van der Waals surface area contributed by atoms with Gasteiger partial charge in [-0.25, -0.2) is 8.42 Å². The number of ether oxygens (including phenoxy) is 1. The van der Waals surface area contributed by atoms with E-state index >= 15 is 0 Å². The van der Waals surface area contributed by atoms with E-state index in [4.69, 9.17) is 4.74 Å². The number of thioether (sulfide) groups is 1. The molecule has 0 aliphatic heterocycles. The minimum absolute atomic E-state index is 0.103. The molecule has 0 aliphatic carbocycles. The Morgan fingerprint density at radius 3 is 2.50 bits per heavy atom. The summed E-state index contributed by atoms with van der Waals surface area (Å²) in [6.45, 7) is 4.05. The van der Waals surface area contributed by atoms with Crippen molar-refractivity contribution in [2.24, 2.45) is 0 Å². The van der Waals surface area contributed by atoms with Crippen molar-refractivity contribution in [2.45, 2.75) is 31.2 Å². The quantitative estimate of drug-likeness (QED) is 0.431. The lowest BCUT2D eigenvalue weighted by Gasteiger charge is -2.18. The molecule has 0 saturated heterocycles. The van der Waals surface area contributed by atoms with Crippen LogP contribution < -0.4 is 20.1 Å². The number of nitrogens with one attached hydrogen (secondary N) is 3. The van der Waals surface area contributed by atoms with Gasteiger partial charge in [0, 0.05) is 18.3 Å². The van der Waals surface area contributed by atoms with Gasteiger partial charge < -0.3 is 15.4 Å². The topological polar surface area (TPSA) is 114 Å². The van der Waals surface area contributed by atoms with Gasteiger partial charge in [0.25, 0.3) is 5.91 Å². The molecule has 0 bridgehead atoms. The van der Waals surface area contributed by atoms with Gasteiger partial charge in [0.15, 0.2) is 6.61 Å². The molecule has 8 nitrogen and oxygen atoms in total. The van der Waals surface area contributed by atoms with Gasteiger partial charge in [-0.2, -0.15) is 16.5 Å². The second-order valence-electron chi connectivity index (χ2n) is 7.03. The van der Waals surface area contributed by atoms with Crippen LogP contribution in [-0.2, 0) is 19.6 Å². The smallest absolute Gasteiger partial charge is 0.257 e. The number of hydrogen-bond donors (Lipinski definition) is 3. The summed E-state index contributed by atoms with van der Waals surface area (Å²) < 4.78 is 33.5. The average Bonchev–Trinajstić information content (AvgIpc) is 2.76. The summed E-state index contributed by atoms with van der Waals surface area (Å²) in [5.41, 5.74) is 1.38. The number of likely N-dealkylation sites (N-methyl/N-ethyl adjacent to an activating group) is 1. The van der Waals surface area contributed by atoms with Crippen LogP contribution in [0.4, 0.5) is 5.69 Å². The molecule has 0 fully saturated rings. The van der Waals surface area contributed by atoms with E-state index in [0.717, 1.165) is 5.56 Å². The van der Waals surface area contributed by atoms with E-state index in [2.05, 4.69) is 15.4 Å². The number of anilines is 1. The van der Waals surface area contributed by atoms with E-state index in [0.29, 0.717) is 30.2 Å². The summed E-state index contributed by atoms with van der Waals surface area (Å²) in [4.78, 5) is 24.6. The number of carbonyl (C=O) groups excluding carboxylic acids is 2. The van der Waals surface area contributed by atoms with E-state index in [9.17, 15) is 18.0 Å². The second kappa shape index (κ2) is 12.5. The Morgan fingerprint density at radius 2 is 1.84 bits per heavy atom. The first-order chi connectivity index (χ1) is 15.2. The zero-order chi connectivity index (χ0) is 23.6. The molecule has 0 radical (unpaired) electrons. The fourth-order valence-electron chi connectivity index (χ4n) is 2.74. The van der Waals surface area contributed by atoms with E-state index in [1.54, 1.807) is 36.4 Å². The zero-order valence-electron chi connectivity index (χ0n) is 18.4. The molecule has 10 heteroatoms. The van der Waals surface area contributed by atoms with Crippen LogP contribution in [0.3, 0.4) is 0 Å². The van der Waals surface area contributed by atoms with Crippen molar-refractivity contribution in [3.8, 4) is 5.75 Å². The molecule has 0 spiro atoms. The molecular formula is C22H29N3O5S2. The predicted molar refractivity (Wildman–Crippen MR) is 128 cm³/mol. The normalized spacial score (nSPS) is 12.1. The van der Waals surface area contributed by atoms with E-state index < -0.39 is 22.0 Å². The van der Waals surface area contributed by atoms with Gasteiger partial charge in [-0.05, 0) is 56.5 Å². The lowest BCUT2D eigenvalue weighted by molar-refractivity contribution is -0.123. The molecule has 1 unspecified atom stereocenters. The highest BCUT2D eigenvalue weighted by molar-refractivity contribution is 7.98. The summed E-state index contributed by atoms with van der Waals surface area (Å²) in [5.74, 6) is 0.291. The fraction of sp³-hybridized carbons (Fsp3) is 0.364. The summed E-state index contributed by atoms with van der Waals surface area (Å²) in [6, 6.07) is 12.1. The molecular weight excluding hydrogens is 450 g/mol. The maximum absolute atomic E-state index is 12.9. The first kappa shape index (κ1) is 25.7. The zero-order valence-corrected chi connectivity index (χ0v) is 20.0. The average molecular weight is 480 g/mol. The highest BCUT2D eigenvalue weighted by atomic mass is 32.2.